The van der Waals surface area contributed by atoms with E-state index < -0.39 is 0 Å². The number of rotatable bonds is 2. The first kappa shape index (κ1) is 14.8. The minimum atomic E-state index is 0.310. The standard InChI is InChI=1S/C18H20ClN3O/c19-15-5-6-16-14(12-15)4-7-17(20-16)21-8-1-9-22(11-10-21)18(23)13-2-3-13/h4-7,12-13H,1-3,8-11H2. The maximum Gasteiger partial charge on any atom is 0.225 e. The van der Waals surface area contributed by atoms with Crippen LogP contribution in [0.4, 0.5) is 5.82 Å². The molecule has 23 heavy (non-hydrogen) atoms. The molecule has 120 valence electrons. The number of carbonyl (C=O) groups is 1. The van der Waals surface area contributed by atoms with E-state index in [2.05, 4.69) is 17.0 Å². The quantitative estimate of drug-likeness (QED) is 0.848. The van der Waals surface area contributed by atoms with Crippen molar-refractivity contribution < 1.29 is 4.79 Å². The first-order valence-corrected chi connectivity index (χ1v) is 8.68. The van der Waals surface area contributed by atoms with Gasteiger partial charge in [0.15, 0.2) is 0 Å². The molecule has 1 saturated carbocycles. The molecule has 1 aliphatic heterocycles. The fourth-order valence-corrected chi connectivity index (χ4v) is 3.40. The highest BCUT2D eigenvalue weighted by Crippen LogP contribution is 2.31. The van der Waals surface area contributed by atoms with Crippen molar-refractivity contribution in [1.82, 2.24) is 9.88 Å². The number of hydrogen-bond donors (Lipinski definition) is 0. The average Bonchev–Trinajstić information content (AvgIpc) is 3.40. The predicted molar refractivity (Wildman–Crippen MR) is 92.9 cm³/mol. The van der Waals surface area contributed by atoms with Crippen LogP contribution in [0.25, 0.3) is 10.9 Å². The van der Waals surface area contributed by atoms with Gasteiger partial charge in [-0.2, -0.15) is 0 Å². The summed E-state index contributed by atoms with van der Waals surface area (Å²) in [6.45, 7) is 3.47. The molecule has 1 aromatic carbocycles. The zero-order chi connectivity index (χ0) is 15.8. The summed E-state index contributed by atoms with van der Waals surface area (Å²) in [5.74, 6) is 1.65. The van der Waals surface area contributed by atoms with Crippen LogP contribution in [0.1, 0.15) is 19.3 Å². The summed E-state index contributed by atoms with van der Waals surface area (Å²) in [5.41, 5.74) is 0.960. The normalized spacial score (nSPS) is 19.0. The molecule has 2 aromatic rings. The SMILES string of the molecule is O=C(C1CC1)N1CCCN(c2ccc3cc(Cl)ccc3n2)CC1. The van der Waals surface area contributed by atoms with Gasteiger partial charge in [-0.05, 0) is 49.6 Å². The van der Waals surface area contributed by atoms with Crippen molar-refractivity contribution in [1.29, 1.82) is 0 Å². The highest BCUT2D eigenvalue weighted by molar-refractivity contribution is 6.31. The molecule has 4 rings (SSSR count). The molecule has 2 aliphatic rings. The van der Waals surface area contributed by atoms with E-state index in [0.29, 0.717) is 11.8 Å². The number of hydrogen-bond acceptors (Lipinski definition) is 3. The Balaban J connectivity index is 1.51. The molecular formula is C18H20ClN3O. The number of amides is 1. The molecule has 0 atom stereocenters. The van der Waals surface area contributed by atoms with E-state index in [1.807, 2.05) is 23.1 Å². The lowest BCUT2D eigenvalue weighted by Gasteiger charge is -2.23. The van der Waals surface area contributed by atoms with Gasteiger partial charge < -0.3 is 9.80 Å². The van der Waals surface area contributed by atoms with Crippen LogP contribution in [0.5, 0.6) is 0 Å². The van der Waals surface area contributed by atoms with Crippen molar-refractivity contribution in [3.05, 3.63) is 35.4 Å². The van der Waals surface area contributed by atoms with E-state index >= 15 is 0 Å². The van der Waals surface area contributed by atoms with Crippen LogP contribution in [-0.4, -0.2) is 42.0 Å². The molecule has 2 fully saturated rings. The number of fused-ring (bicyclic) bond motifs is 1. The third kappa shape index (κ3) is 3.13. The molecule has 2 heterocycles. The first-order valence-electron chi connectivity index (χ1n) is 8.31. The Labute approximate surface area is 141 Å². The second kappa shape index (κ2) is 6.00. The molecule has 0 bridgehead atoms. The highest BCUT2D eigenvalue weighted by Gasteiger charge is 2.33. The van der Waals surface area contributed by atoms with Crippen LogP contribution in [0.15, 0.2) is 30.3 Å². The van der Waals surface area contributed by atoms with Gasteiger partial charge in [0.1, 0.15) is 5.82 Å². The van der Waals surface area contributed by atoms with E-state index in [1.165, 1.54) is 0 Å². The maximum atomic E-state index is 12.2. The first-order chi connectivity index (χ1) is 11.2. The Bertz CT molecular complexity index is 744. The molecule has 0 spiro atoms. The Morgan fingerprint density at radius 1 is 1.09 bits per heavy atom. The van der Waals surface area contributed by atoms with Gasteiger partial charge in [-0.3, -0.25) is 4.79 Å². The van der Waals surface area contributed by atoms with Crippen LogP contribution in [0, 0.1) is 5.92 Å². The van der Waals surface area contributed by atoms with E-state index in [-0.39, 0.29) is 0 Å². The Kier molecular flexibility index (Phi) is 3.85. The third-order valence-corrected chi connectivity index (χ3v) is 4.93. The molecule has 0 unspecified atom stereocenters. The zero-order valence-corrected chi connectivity index (χ0v) is 13.8. The molecule has 1 saturated heterocycles. The smallest absolute Gasteiger partial charge is 0.225 e. The van der Waals surface area contributed by atoms with Crippen LogP contribution in [0.2, 0.25) is 5.02 Å². The van der Waals surface area contributed by atoms with Crippen molar-refractivity contribution in [2.75, 3.05) is 31.1 Å². The number of aromatic nitrogens is 1. The summed E-state index contributed by atoms with van der Waals surface area (Å²) in [5, 5.41) is 1.79. The Morgan fingerprint density at radius 2 is 1.96 bits per heavy atom. The molecule has 4 nitrogen and oxygen atoms in total. The summed E-state index contributed by atoms with van der Waals surface area (Å²) in [6, 6.07) is 9.89. The van der Waals surface area contributed by atoms with Gasteiger partial charge in [0.05, 0.1) is 5.52 Å². The Hall–Kier alpha value is -1.81. The van der Waals surface area contributed by atoms with Gasteiger partial charge in [0, 0.05) is 42.5 Å². The minimum Gasteiger partial charge on any atom is -0.355 e. The number of pyridine rings is 1. The van der Waals surface area contributed by atoms with Crippen molar-refractivity contribution in [3.8, 4) is 0 Å². The van der Waals surface area contributed by atoms with Crippen LogP contribution >= 0.6 is 11.6 Å². The van der Waals surface area contributed by atoms with E-state index in [0.717, 1.165) is 67.2 Å². The molecular weight excluding hydrogens is 310 g/mol. The number of benzene rings is 1. The lowest BCUT2D eigenvalue weighted by atomic mass is 10.2. The molecule has 5 heteroatoms. The molecule has 1 aliphatic carbocycles. The summed E-state index contributed by atoms with van der Waals surface area (Å²) >= 11 is 6.03. The number of anilines is 1. The maximum absolute atomic E-state index is 12.2. The van der Waals surface area contributed by atoms with Crippen molar-refractivity contribution in [2.45, 2.75) is 19.3 Å². The second-order valence-corrected chi connectivity index (χ2v) is 6.88. The summed E-state index contributed by atoms with van der Waals surface area (Å²) in [7, 11) is 0. The summed E-state index contributed by atoms with van der Waals surface area (Å²) < 4.78 is 0. The molecule has 1 amide bonds. The van der Waals surface area contributed by atoms with Crippen molar-refractivity contribution in [3.63, 3.8) is 0 Å². The molecule has 0 N–H and O–H groups in total. The summed E-state index contributed by atoms with van der Waals surface area (Å²) in [4.78, 5) is 21.3. The van der Waals surface area contributed by atoms with Crippen molar-refractivity contribution in [2.24, 2.45) is 5.92 Å². The van der Waals surface area contributed by atoms with E-state index in [4.69, 9.17) is 16.6 Å². The highest BCUT2D eigenvalue weighted by atomic mass is 35.5. The van der Waals surface area contributed by atoms with Crippen LogP contribution in [0.3, 0.4) is 0 Å². The van der Waals surface area contributed by atoms with Gasteiger partial charge in [0.25, 0.3) is 0 Å². The number of halogens is 1. The Morgan fingerprint density at radius 3 is 2.78 bits per heavy atom. The minimum absolute atomic E-state index is 0.310. The van der Waals surface area contributed by atoms with Crippen LogP contribution < -0.4 is 4.90 Å². The van der Waals surface area contributed by atoms with Gasteiger partial charge in [-0.25, -0.2) is 4.98 Å². The van der Waals surface area contributed by atoms with Gasteiger partial charge >= 0.3 is 0 Å². The fourth-order valence-electron chi connectivity index (χ4n) is 3.22. The van der Waals surface area contributed by atoms with E-state index in [1.54, 1.807) is 0 Å². The van der Waals surface area contributed by atoms with Crippen molar-refractivity contribution >= 4 is 34.2 Å². The molecule has 0 radical (unpaired) electrons. The zero-order valence-electron chi connectivity index (χ0n) is 13.0. The van der Waals surface area contributed by atoms with Gasteiger partial charge in [0.2, 0.25) is 5.91 Å². The largest absolute Gasteiger partial charge is 0.355 e. The lowest BCUT2D eigenvalue weighted by molar-refractivity contribution is -0.132. The number of nitrogens with zero attached hydrogens (tertiary/aromatic N) is 3. The van der Waals surface area contributed by atoms with Gasteiger partial charge in [-0.1, -0.05) is 11.6 Å². The summed E-state index contributed by atoms with van der Waals surface area (Å²) in [6.07, 6.45) is 3.15. The molecule has 1 aromatic heterocycles. The monoisotopic (exact) mass is 329 g/mol. The fraction of sp³-hybridized carbons (Fsp3) is 0.444. The average molecular weight is 330 g/mol. The topological polar surface area (TPSA) is 36.4 Å². The van der Waals surface area contributed by atoms with Crippen LogP contribution in [-0.2, 0) is 4.79 Å². The van der Waals surface area contributed by atoms with Gasteiger partial charge in [-0.15, -0.1) is 0 Å². The third-order valence-electron chi connectivity index (χ3n) is 4.69. The lowest BCUT2D eigenvalue weighted by Crippen LogP contribution is -2.36. The predicted octanol–water partition coefficient (Wildman–Crippen LogP) is 3.34. The van der Waals surface area contributed by atoms with E-state index in [9.17, 15) is 4.79 Å². The second-order valence-electron chi connectivity index (χ2n) is 6.45. The number of carbonyl (C=O) groups excluding carboxylic acids is 1.